The number of aromatic nitrogens is 2. The molecule has 1 aliphatic heterocycles. The zero-order chi connectivity index (χ0) is 18.0. The summed E-state index contributed by atoms with van der Waals surface area (Å²) in [4.78, 5) is 28.7. The van der Waals surface area contributed by atoms with E-state index in [1.165, 1.54) is 10.8 Å². The predicted molar refractivity (Wildman–Crippen MR) is 99.6 cm³/mol. The summed E-state index contributed by atoms with van der Waals surface area (Å²) in [6.45, 7) is 3.56. The Morgan fingerprint density at radius 1 is 1.50 bits per heavy atom. The van der Waals surface area contributed by atoms with Gasteiger partial charge in [-0.25, -0.2) is 0 Å². The molecule has 1 saturated heterocycles. The minimum atomic E-state index is -0.562. The first kappa shape index (κ1) is 20.2. The summed E-state index contributed by atoms with van der Waals surface area (Å²) in [6.07, 6.45) is 1.30. The van der Waals surface area contributed by atoms with Crippen LogP contribution in [0.3, 0.4) is 0 Å². The first-order valence-corrected chi connectivity index (χ1v) is 8.27. The summed E-state index contributed by atoms with van der Waals surface area (Å²) in [5, 5.41) is 14.7. The van der Waals surface area contributed by atoms with Gasteiger partial charge in [0.05, 0.1) is 6.04 Å². The highest BCUT2D eigenvalue weighted by molar-refractivity contribution is 6.30. The molecule has 1 aliphatic rings. The van der Waals surface area contributed by atoms with E-state index in [0.717, 1.165) is 5.56 Å². The van der Waals surface area contributed by atoms with Crippen molar-refractivity contribution in [1.82, 2.24) is 19.8 Å². The molecular formula is C16H19Cl2N5O3. The molecule has 0 spiro atoms. The lowest BCUT2D eigenvalue weighted by Gasteiger charge is -2.36. The Kier molecular flexibility index (Phi) is 6.57. The van der Waals surface area contributed by atoms with Gasteiger partial charge < -0.3 is 20.3 Å². The van der Waals surface area contributed by atoms with Crippen LogP contribution in [-0.2, 0) is 11.3 Å². The topological polar surface area (TPSA) is 93.3 Å². The van der Waals surface area contributed by atoms with Gasteiger partial charge in [-0.1, -0.05) is 23.7 Å². The van der Waals surface area contributed by atoms with Crippen molar-refractivity contribution in [2.45, 2.75) is 19.5 Å². The summed E-state index contributed by atoms with van der Waals surface area (Å²) in [6, 6.07) is 7.32. The van der Waals surface area contributed by atoms with Crippen molar-refractivity contribution in [3.8, 4) is 0 Å². The molecule has 2 heterocycles. The van der Waals surface area contributed by atoms with Gasteiger partial charge in [0, 0.05) is 31.6 Å². The lowest BCUT2D eigenvalue weighted by atomic mass is 10.0. The van der Waals surface area contributed by atoms with Crippen LogP contribution in [0, 0.1) is 17.0 Å². The first-order valence-electron chi connectivity index (χ1n) is 7.89. The molecule has 1 N–H and O–H groups in total. The fraction of sp³-hybridized carbons (Fsp3) is 0.375. The van der Waals surface area contributed by atoms with Gasteiger partial charge in [-0.2, -0.15) is 0 Å². The van der Waals surface area contributed by atoms with E-state index in [1.807, 2.05) is 18.2 Å². The van der Waals surface area contributed by atoms with Crippen LogP contribution in [0.15, 0.2) is 30.5 Å². The molecule has 1 unspecified atom stereocenters. The monoisotopic (exact) mass is 399 g/mol. The summed E-state index contributed by atoms with van der Waals surface area (Å²) >= 11 is 6.07. The Hall–Kier alpha value is -2.16. The number of hydrogen-bond donors (Lipinski definition) is 1. The smallest absolute Gasteiger partial charge is 0.358 e. The van der Waals surface area contributed by atoms with Crippen molar-refractivity contribution in [2.24, 2.45) is 0 Å². The minimum absolute atomic E-state index is 0. The molecule has 1 aromatic heterocycles. The second-order valence-corrected chi connectivity index (χ2v) is 6.33. The van der Waals surface area contributed by atoms with Crippen LogP contribution in [0.25, 0.3) is 0 Å². The zero-order valence-electron chi connectivity index (χ0n) is 14.1. The van der Waals surface area contributed by atoms with Crippen molar-refractivity contribution in [2.75, 3.05) is 19.6 Å². The maximum atomic E-state index is 12.8. The molecule has 2 aromatic rings. The Morgan fingerprint density at radius 3 is 2.92 bits per heavy atom. The second-order valence-electron chi connectivity index (χ2n) is 5.89. The van der Waals surface area contributed by atoms with Gasteiger partial charge in [-0.3, -0.25) is 9.36 Å². The second kappa shape index (κ2) is 8.48. The minimum Gasteiger partial charge on any atom is -0.358 e. The Balaban J connectivity index is 0.00000243. The van der Waals surface area contributed by atoms with Crippen molar-refractivity contribution in [3.63, 3.8) is 0 Å². The number of amides is 1. The molecule has 1 amide bonds. The number of hydrogen-bond acceptors (Lipinski definition) is 5. The molecule has 0 aliphatic carbocycles. The highest BCUT2D eigenvalue weighted by Gasteiger charge is 2.29. The summed E-state index contributed by atoms with van der Waals surface area (Å²) in [7, 11) is 0. The van der Waals surface area contributed by atoms with Crippen LogP contribution in [-0.4, -0.2) is 44.9 Å². The van der Waals surface area contributed by atoms with Crippen LogP contribution in [0.1, 0.15) is 17.4 Å². The van der Waals surface area contributed by atoms with Gasteiger partial charge in [0.2, 0.25) is 11.7 Å². The van der Waals surface area contributed by atoms with E-state index in [4.69, 9.17) is 11.6 Å². The molecule has 3 rings (SSSR count). The van der Waals surface area contributed by atoms with E-state index < -0.39 is 4.92 Å². The van der Waals surface area contributed by atoms with Crippen molar-refractivity contribution >= 4 is 35.7 Å². The zero-order valence-corrected chi connectivity index (χ0v) is 15.7. The summed E-state index contributed by atoms with van der Waals surface area (Å²) in [5.41, 5.74) is 0.960. The van der Waals surface area contributed by atoms with Gasteiger partial charge in [0.1, 0.15) is 12.7 Å². The largest absolute Gasteiger partial charge is 0.381 e. The first-order chi connectivity index (χ1) is 12.0. The number of imidazole rings is 1. The Morgan fingerprint density at radius 2 is 2.27 bits per heavy atom. The lowest BCUT2D eigenvalue weighted by Crippen LogP contribution is -2.49. The van der Waals surface area contributed by atoms with Crippen molar-refractivity contribution in [1.29, 1.82) is 0 Å². The van der Waals surface area contributed by atoms with Crippen molar-refractivity contribution in [3.05, 3.63) is 57.0 Å². The maximum Gasteiger partial charge on any atom is 0.381 e. The highest BCUT2D eigenvalue weighted by Crippen LogP contribution is 2.25. The average Bonchev–Trinajstić information content (AvgIpc) is 2.96. The maximum absolute atomic E-state index is 12.8. The molecule has 10 heteroatoms. The number of nitrogens with zero attached hydrogens (tertiary/aromatic N) is 4. The van der Waals surface area contributed by atoms with Crippen LogP contribution in [0.5, 0.6) is 0 Å². The molecule has 140 valence electrons. The predicted octanol–water partition coefficient (Wildman–Crippen LogP) is 2.35. The summed E-state index contributed by atoms with van der Waals surface area (Å²) < 4.78 is 1.51. The number of piperazine rings is 1. The van der Waals surface area contributed by atoms with E-state index in [9.17, 15) is 14.9 Å². The number of benzene rings is 1. The number of halogens is 2. The van der Waals surface area contributed by atoms with Crippen LogP contribution >= 0.6 is 24.0 Å². The van der Waals surface area contributed by atoms with E-state index in [1.54, 1.807) is 17.9 Å². The Labute approximate surface area is 161 Å². The molecule has 1 aromatic carbocycles. The van der Waals surface area contributed by atoms with Gasteiger partial charge in [-0.15, -0.1) is 12.4 Å². The van der Waals surface area contributed by atoms with Gasteiger partial charge in [0.15, 0.2) is 0 Å². The Bertz CT molecular complexity index is 811. The SMILES string of the molecule is Cc1nc([N+](=O)[O-])cn1CC(=O)N1CCNCC1c1cccc(Cl)c1.Cl. The molecule has 1 fully saturated rings. The quantitative estimate of drug-likeness (QED) is 0.628. The average molecular weight is 400 g/mol. The van der Waals surface area contributed by atoms with E-state index >= 15 is 0 Å². The molecular weight excluding hydrogens is 381 g/mol. The fourth-order valence-corrected chi connectivity index (χ4v) is 3.19. The molecule has 0 radical (unpaired) electrons. The number of rotatable bonds is 4. The van der Waals surface area contributed by atoms with Crippen molar-refractivity contribution < 1.29 is 9.72 Å². The van der Waals surface area contributed by atoms with Gasteiger partial charge in [0.25, 0.3) is 0 Å². The normalized spacial score (nSPS) is 16.8. The third-order valence-electron chi connectivity index (χ3n) is 4.25. The van der Waals surface area contributed by atoms with E-state index in [-0.39, 0.29) is 36.7 Å². The fourth-order valence-electron chi connectivity index (χ4n) is 2.99. The number of aryl methyl sites for hydroxylation is 1. The van der Waals surface area contributed by atoms with Gasteiger partial charge in [-0.05, 0) is 27.6 Å². The number of carbonyl (C=O) groups is 1. The number of nitro groups is 1. The molecule has 8 nitrogen and oxygen atoms in total. The lowest BCUT2D eigenvalue weighted by molar-refractivity contribution is -0.389. The third-order valence-corrected chi connectivity index (χ3v) is 4.49. The van der Waals surface area contributed by atoms with Crippen LogP contribution < -0.4 is 5.32 Å². The molecule has 0 saturated carbocycles. The third kappa shape index (κ3) is 4.32. The number of carbonyl (C=O) groups excluding carboxylic acids is 1. The standard InChI is InChI=1S/C16H18ClN5O3.ClH/c1-11-19-15(22(24)25)9-20(11)10-16(23)21-6-5-18-8-14(21)12-3-2-4-13(17)7-12;/h2-4,7,9,14,18H,5-6,8,10H2,1H3;1H. The molecule has 1 atom stereocenters. The van der Waals surface area contributed by atoms with E-state index in [0.29, 0.717) is 30.5 Å². The summed E-state index contributed by atoms with van der Waals surface area (Å²) in [5.74, 6) is 0.0772. The van der Waals surface area contributed by atoms with Crippen LogP contribution in [0.4, 0.5) is 5.82 Å². The van der Waals surface area contributed by atoms with E-state index in [2.05, 4.69) is 10.3 Å². The molecule has 0 bridgehead atoms. The highest BCUT2D eigenvalue weighted by atomic mass is 35.5. The number of nitrogens with one attached hydrogen (secondary N) is 1. The van der Waals surface area contributed by atoms with Gasteiger partial charge >= 0.3 is 5.82 Å². The van der Waals surface area contributed by atoms with Crippen LogP contribution in [0.2, 0.25) is 5.02 Å². The molecule has 26 heavy (non-hydrogen) atoms.